The summed E-state index contributed by atoms with van der Waals surface area (Å²) in [6.45, 7) is 2.08. The molecule has 0 saturated carbocycles. The maximum absolute atomic E-state index is 13.9. The van der Waals surface area contributed by atoms with E-state index in [4.69, 9.17) is 17.4 Å². The smallest absolute Gasteiger partial charge is 0.129 e. The van der Waals surface area contributed by atoms with Gasteiger partial charge in [0.25, 0.3) is 0 Å². The molecule has 0 fully saturated rings. The summed E-state index contributed by atoms with van der Waals surface area (Å²) >= 11 is 6.08. The number of aryl methyl sites for hydroxylation is 1. The predicted octanol–water partition coefficient (Wildman–Crippen LogP) is 3.59. The van der Waals surface area contributed by atoms with E-state index in [1.807, 2.05) is 24.3 Å². The number of benzene rings is 2. The summed E-state index contributed by atoms with van der Waals surface area (Å²) in [6.07, 6.45) is 0.960. The monoisotopic (exact) mass is 278 g/mol. The summed E-state index contributed by atoms with van der Waals surface area (Å²) in [5.41, 5.74) is 5.10. The van der Waals surface area contributed by atoms with E-state index in [0.29, 0.717) is 10.6 Å². The summed E-state index contributed by atoms with van der Waals surface area (Å²) in [6, 6.07) is 12.0. The fourth-order valence-corrected chi connectivity index (χ4v) is 2.35. The maximum Gasteiger partial charge on any atom is 0.129 e. The fraction of sp³-hybridized carbons (Fsp3) is 0.200. The zero-order valence-corrected chi connectivity index (χ0v) is 11.4. The van der Waals surface area contributed by atoms with Crippen LogP contribution in [0.15, 0.2) is 42.5 Å². The number of hydrogen-bond donors (Lipinski definition) is 2. The van der Waals surface area contributed by atoms with Crippen LogP contribution in [0.1, 0.15) is 29.7 Å². The number of rotatable bonds is 4. The van der Waals surface area contributed by atoms with E-state index >= 15 is 0 Å². The van der Waals surface area contributed by atoms with Crippen LogP contribution in [0.25, 0.3) is 0 Å². The SMILES string of the molecule is CCc1ccc(C(NN)c2c(F)cccc2Cl)cc1. The minimum Gasteiger partial charge on any atom is -0.271 e. The van der Waals surface area contributed by atoms with Gasteiger partial charge >= 0.3 is 0 Å². The van der Waals surface area contributed by atoms with E-state index < -0.39 is 6.04 Å². The van der Waals surface area contributed by atoms with E-state index in [1.165, 1.54) is 11.6 Å². The minimum atomic E-state index is -0.459. The topological polar surface area (TPSA) is 38.0 Å². The lowest BCUT2D eigenvalue weighted by Crippen LogP contribution is -2.29. The highest BCUT2D eigenvalue weighted by molar-refractivity contribution is 6.31. The number of hydrazine groups is 1. The van der Waals surface area contributed by atoms with Gasteiger partial charge in [-0.15, -0.1) is 0 Å². The standard InChI is InChI=1S/C15H16ClFN2/c1-2-10-6-8-11(9-7-10)15(19-18)14-12(16)4-3-5-13(14)17/h3-9,15,19H,2,18H2,1H3. The van der Waals surface area contributed by atoms with Gasteiger partial charge < -0.3 is 0 Å². The number of halogens is 2. The molecule has 1 unspecified atom stereocenters. The summed E-state index contributed by atoms with van der Waals surface area (Å²) in [4.78, 5) is 0. The van der Waals surface area contributed by atoms with Crippen LogP contribution in [0.2, 0.25) is 5.02 Å². The van der Waals surface area contributed by atoms with Gasteiger partial charge in [0.15, 0.2) is 0 Å². The lowest BCUT2D eigenvalue weighted by molar-refractivity contribution is 0.560. The molecule has 2 rings (SSSR count). The molecule has 0 heterocycles. The van der Waals surface area contributed by atoms with Crippen molar-refractivity contribution >= 4 is 11.6 Å². The molecule has 0 aliphatic carbocycles. The first-order chi connectivity index (χ1) is 9.17. The van der Waals surface area contributed by atoms with Crippen LogP contribution in [0.3, 0.4) is 0 Å². The fourth-order valence-electron chi connectivity index (χ4n) is 2.08. The minimum absolute atomic E-state index is 0.363. The number of hydrogen-bond acceptors (Lipinski definition) is 2. The van der Waals surface area contributed by atoms with E-state index in [2.05, 4.69) is 12.3 Å². The van der Waals surface area contributed by atoms with Crippen LogP contribution >= 0.6 is 11.6 Å². The second-order valence-corrected chi connectivity index (χ2v) is 4.74. The molecule has 3 N–H and O–H groups in total. The average molecular weight is 279 g/mol. The van der Waals surface area contributed by atoms with Crippen LogP contribution in [0.4, 0.5) is 4.39 Å². The first-order valence-electron chi connectivity index (χ1n) is 6.16. The van der Waals surface area contributed by atoms with Gasteiger partial charge in [0.2, 0.25) is 0 Å². The lowest BCUT2D eigenvalue weighted by atomic mass is 9.97. The predicted molar refractivity (Wildman–Crippen MR) is 76.4 cm³/mol. The Morgan fingerprint density at radius 3 is 2.42 bits per heavy atom. The zero-order valence-electron chi connectivity index (χ0n) is 10.7. The molecule has 2 nitrogen and oxygen atoms in total. The first-order valence-corrected chi connectivity index (χ1v) is 6.54. The number of nitrogens with two attached hydrogens (primary N) is 1. The molecule has 0 aromatic heterocycles. The third kappa shape index (κ3) is 2.95. The van der Waals surface area contributed by atoms with Gasteiger partial charge in [0.05, 0.1) is 6.04 Å². The van der Waals surface area contributed by atoms with E-state index in [1.54, 1.807) is 12.1 Å². The molecule has 0 bridgehead atoms. The van der Waals surface area contributed by atoms with E-state index in [-0.39, 0.29) is 5.82 Å². The molecule has 100 valence electrons. The Kier molecular flexibility index (Phi) is 4.53. The van der Waals surface area contributed by atoms with Crippen LogP contribution < -0.4 is 11.3 Å². The summed E-state index contributed by atoms with van der Waals surface area (Å²) in [7, 11) is 0. The third-order valence-electron chi connectivity index (χ3n) is 3.18. The van der Waals surface area contributed by atoms with Crippen molar-refractivity contribution in [2.24, 2.45) is 5.84 Å². The highest BCUT2D eigenvalue weighted by Gasteiger charge is 2.19. The van der Waals surface area contributed by atoms with Crippen molar-refractivity contribution in [3.05, 3.63) is 70.0 Å². The van der Waals surface area contributed by atoms with Gasteiger partial charge in [-0.2, -0.15) is 0 Å². The second kappa shape index (κ2) is 6.15. The van der Waals surface area contributed by atoms with Crippen molar-refractivity contribution < 1.29 is 4.39 Å². The molecule has 4 heteroatoms. The summed E-state index contributed by atoms with van der Waals surface area (Å²) in [5.74, 6) is 5.20. The Morgan fingerprint density at radius 2 is 1.89 bits per heavy atom. The molecular weight excluding hydrogens is 263 g/mol. The third-order valence-corrected chi connectivity index (χ3v) is 3.51. The van der Waals surface area contributed by atoms with Crippen molar-refractivity contribution in [2.45, 2.75) is 19.4 Å². The summed E-state index contributed by atoms with van der Waals surface area (Å²) < 4.78 is 13.9. The average Bonchev–Trinajstić information content (AvgIpc) is 2.43. The van der Waals surface area contributed by atoms with Crippen LogP contribution in [0, 0.1) is 5.82 Å². The molecule has 2 aromatic rings. The van der Waals surface area contributed by atoms with E-state index in [0.717, 1.165) is 12.0 Å². The van der Waals surface area contributed by atoms with Gasteiger partial charge in [0.1, 0.15) is 5.82 Å². The zero-order chi connectivity index (χ0) is 13.8. The molecule has 19 heavy (non-hydrogen) atoms. The van der Waals surface area contributed by atoms with Gasteiger partial charge in [-0.1, -0.05) is 48.9 Å². The van der Waals surface area contributed by atoms with Gasteiger partial charge in [-0.25, -0.2) is 9.82 Å². The Labute approximate surface area is 117 Å². The molecular formula is C15H16ClFN2. The second-order valence-electron chi connectivity index (χ2n) is 4.33. The molecule has 0 aliphatic rings. The Hall–Kier alpha value is -1.42. The van der Waals surface area contributed by atoms with Gasteiger partial charge in [-0.3, -0.25) is 5.84 Å². The van der Waals surface area contributed by atoms with E-state index in [9.17, 15) is 4.39 Å². The lowest BCUT2D eigenvalue weighted by Gasteiger charge is -2.19. The quantitative estimate of drug-likeness (QED) is 0.662. The van der Waals surface area contributed by atoms with Crippen molar-refractivity contribution in [1.29, 1.82) is 0 Å². The van der Waals surface area contributed by atoms with Crippen LogP contribution in [-0.4, -0.2) is 0 Å². The molecule has 0 spiro atoms. The molecule has 1 atom stereocenters. The number of nitrogens with one attached hydrogen (secondary N) is 1. The van der Waals surface area contributed by atoms with Crippen molar-refractivity contribution in [1.82, 2.24) is 5.43 Å². The Morgan fingerprint density at radius 1 is 1.21 bits per heavy atom. The van der Waals surface area contributed by atoms with Crippen LogP contribution in [0.5, 0.6) is 0 Å². The molecule has 0 amide bonds. The molecule has 0 saturated heterocycles. The molecule has 2 aromatic carbocycles. The normalized spacial score (nSPS) is 12.4. The molecule has 0 aliphatic heterocycles. The highest BCUT2D eigenvalue weighted by atomic mass is 35.5. The van der Waals surface area contributed by atoms with Gasteiger partial charge in [0, 0.05) is 10.6 Å². The van der Waals surface area contributed by atoms with Crippen molar-refractivity contribution in [3.63, 3.8) is 0 Å². The highest BCUT2D eigenvalue weighted by Crippen LogP contribution is 2.30. The largest absolute Gasteiger partial charge is 0.271 e. The van der Waals surface area contributed by atoms with Gasteiger partial charge in [-0.05, 0) is 29.7 Å². The summed E-state index contributed by atoms with van der Waals surface area (Å²) in [5, 5.41) is 0.363. The van der Waals surface area contributed by atoms with Crippen molar-refractivity contribution in [3.8, 4) is 0 Å². The maximum atomic E-state index is 13.9. The molecule has 0 radical (unpaired) electrons. The Bertz CT molecular complexity index is 534. The Balaban J connectivity index is 2.44. The first kappa shape index (κ1) is 14.0. The van der Waals surface area contributed by atoms with Crippen LogP contribution in [-0.2, 0) is 6.42 Å². The van der Waals surface area contributed by atoms with Crippen molar-refractivity contribution in [2.75, 3.05) is 0 Å².